The van der Waals surface area contributed by atoms with Crippen LogP contribution in [0.5, 0.6) is 0 Å². The smallest absolute Gasteiger partial charge is 0.222 e. The van der Waals surface area contributed by atoms with Crippen LogP contribution in [0.4, 0.5) is 5.69 Å². The summed E-state index contributed by atoms with van der Waals surface area (Å²) in [4.78, 5) is 14.3. The maximum atomic E-state index is 13.0. The van der Waals surface area contributed by atoms with Gasteiger partial charge in [-0.25, -0.2) is 32.8 Å². The average Bonchev–Trinajstić information content (AvgIpc) is 3.64. The molecule has 3 N–H and O–H groups in total. The molecule has 0 radical (unpaired) electrons. The van der Waals surface area contributed by atoms with Gasteiger partial charge in [-0.3, -0.25) is 0 Å². The monoisotopic (exact) mass is 1260 g/mol. The van der Waals surface area contributed by atoms with Crippen molar-refractivity contribution in [2.24, 2.45) is 10.8 Å². The second-order valence-corrected chi connectivity index (χ2v) is 24.0. The predicted octanol–water partition coefficient (Wildman–Crippen LogP) is 9.67. The standard InChI is InChI=1S/C22H28BrN3OS.C17H26N2OS.C4H2ClIN2.CH3.U/c1-21(2,3)28(27)25-20-18-7-5-4-6-16(18)14-22(20)10-12-26(13-11-22)17-8-9-19(23)24-15-17;1-16(2,3)21(20)19-15-14-7-5-4-6-13(14)12-17(15)8-10-18-11-9-17;5-4-7-1-3(6)2-8-4;;/h4-9,15,20,25H,10-14H2,1-3H3;4-7,15,18-19H,8-12H2,1-3H3;1-2H;1H3;/q;;;-1;/t20-,28-;15-,21-;;;/m11.../s1. The molecule has 2 aromatic heterocycles. The zero-order chi connectivity index (χ0) is 41.0. The molecule has 8 rings (SSSR count). The van der Waals surface area contributed by atoms with Gasteiger partial charge in [-0.1, -0.05) is 48.5 Å². The molecule has 4 atom stereocenters. The van der Waals surface area contributed by atoms with E-state index in [0.29, 0.717) is 5.28 Å². The number of hydrogen-bond acceptors (Lipinski definition) is 7. The van der Waals surface area contributed by atoms with Crippen molar-refractivity contribution in [2.45, 2.75) is 102 Å². The summed E-state index contributed by atoms with van der Waals surface area (Å²) in [5.74, 6) is 0. The van der Waals surface area contributed by atoms with Crippen molar-refractivity contribution in [3.8, 4) is 0 Å². The third kappa shape index (κ3) is 12.7. The van der Waals surface area contributed by atoms with E-state index < -0.39 is 22.0 Å². The van der Waals surface area contributed by atoms with E-state index in [0.717, 1.165) is 72.9 Å². The van der Waals surface area contributed by atoms with E-state index in [-0.39, 0.29) is 70.9 Å². The van der Waals surface area contributed by atoms with Crippen LogP contribution in [0, 0.1) is 52.9 Å². The zero-order valence-corrected chi connectivity index (χ0v) is 45.6. The van der Waals surface area contributed by atoms with Crippen LogP contribution in [0.25, 0.3) is 0 Å². The number of fused-ring (bicyclic) bond motifs is 2. The molecule has 59 heavy (non-hydrogen) atoms. The molecule has 2 saturated heterocycles. The Bertz CT molecular complexity index is 2000. The van der Waals surface area contributed by atoms with Crippen LogP contribution in [-0.2, 0) is 34.8 Å². The average molecular weight is 1260 g/mol. The Morgan fingerprint density at radius 2 is 1.20 bits per heavy atom. The number of hydrogen-bond donors (Lipinski definition) is 3. The van der Waals surface area contributed by atoms with E-state index in [1.807, 2.05) is 53.8 Å². The van der Waals surface area contributed by atoms with Crippen LogP contribution in [0.15, 0.2) is 83.9 Å². The molecule has 320 valence electrons. The molecule has 4 aromatic rings. The molecule has 4 heterocycles. The minimum Gasteiger partial charge on any atom is -0.370 e. The summed E-state index contributed by atoms with van der Waals surface area (Å²) in [6.45, 7) is 16.3. The number of nitrogens with one attached hydrogen (secondary N) is 3. The zero-order valence-electron chi connectivity index (χ0n) is 35.3. The summed E-state index contributed by atoms with van der Waals surface area (Å²) in [6.07, 6.45) is 11.9. The third-order valence-electron chi connectivity index (χ3n) is 11.6. The van der Waals surface area contributed by atoms with Crippen molar-refractivity contribution >= 4 is 77.8 Å². The molecular weight excluding hydrogens is 1200 g/mol. The fraction of sp³-hybridized carbons (Fsp3) is 0.500. The van der Waals surface area contributed by atoms with Gasteiger partial charge in [0.1, 0.15) is 4.60 Å². The Kier molecular flexibility index (Phi) is 18.7. The van der Waals surface area contributed by atoms with Crippen molar-refractivity contribution in [1.82, 2.24) is 29.7 Å². The van der Waals surface area contributed by atoms with Gasteiger partial charge < -0.3 is 17.6 Å². The quantitative estimate of drug-likeness (QED) is 0.0791. The second kappa shape index (κ2) is 21.7. The number of rotatable bonds is 5. The Morgan fingerprint density at radius 3 is 1.63 bits per heavy atom. The van der Waals surface area contributed by atoms with E-state index >= 15 is 0 Å². The largest absolute Gasteiger partial charge is 0.370 e. The third-order valence-corrected chi connectivity index (χ3v) is 16.0. The molecule has 0 saturated carbocycles. The number of aromatic nitrogens is 3. The Morgan fingerprint density at radius 1 is 0.746 bits per heavy atom. The Hall–Kier alpha value is -0.798. The van der Waals surface area contributed by atoms with Gasteiger partial charge in [-0.2, -0.15) is 0 Å². The van der Waals surface area contributed by atoms with Gasteiger partial charge in [0.25, 0.3) is 0 Å². The molecule has 2 aliphatic heterocycles. The number of piperidine rings is 2. The maximum absolute atomic E-state index is 13.0. The predicted molar refractivity (Wildman–Crippen MR) is 254 cm³/mol. The fourth-order valence-corrected chi connectivity index (χ4v) is 10.9. The van der Waals surface area contributed by atoms with Gasteiger partial charge in [-0.05, 0) is 188 Å². The first-order valence-corrected chi connectivity index (χ1v) is 24.3. The summed E-state index contributed by atoms with van der Waals surface area (Å²) in [6, 6.07) is 21.9. The van der Waals surface area contributed by atoms with E-state index in [9.17, 15) is 8.42 Å². The minimum absolute atomic E-state index is 0. The van der Waals surface area contributed by atoms with Crippen molar-refractivity contribution in [2.75, 3.05) is 31.1 Å². The molecule has 2 spiro atoms. The summed E-state index contributed by atoms with van der Waals surface area (Å²) in [7, 11) is -2.12. The van der Waals surface area contributed by atoms with E-state index in [1.54, 1.807) is 12.4 Å². The van der Waals surface area contributed by atoms with Gasteiger partial charge in [-0.15, -0.1) is 0 Å². The van der Waals surface area contributed by atoms with Gasteiger partial charge in [0, 0.05) is 60.2 Å². The maximum Gasteiger partial charge on any atom is 0.222 e. The molecule has 4 aliphatic rings. The molecule has 0 unspecified atom stereocenters. The first-order chi connectivity index (χ1) is 27.0. The van der Waals surface area contributed by atoms with Crippen molar-refractivity contribution in [3.05, 3.63) is 122 Å². The summed E-state index contributed by atoms with van der Waals surface area (Å²) < 4.78 is 34.0. The first kappa shape index (κ1) is 50.8. The molecule has 0 amide bonds. The van der Waals surface area contributed by atoms with E-state index in [1.165, 1.54) is 27.9 Å². The Balaban J connectivity index is 0.000000219. The van der Waals surface area contributed by atoms with Crippen molar-refractivity contribution in [1.29, 1.82) is 0 Å². The van der Waals surface area contributed by atoms with Crippen LogP contribution in [0.1, 0.15) is 102 Å². The fourth-order valence-electron chi connectivity index (χ4n) is 8.44. The number of anilines is 1. The molecule has 2 fully saturated rings. The molecule has 15 heteroatoms. The van der Waals surface area contributed by atoms with Crippen molar-refractivity contribution in [3.63, 3.8) is 0 Å². The van der Waals surface area contributed by atoms with Gasteiger partial charge >= 0.3 is 0 Å². The van der Waals surface area contributed by atoms with E-state index in [4.69, 9.17) is 11.6 Å². The van der Waals surface area contributed by atoms with Gasteiger partial charge in [0.2, 0.25) is 5.28 Å². The minimum atomic E-state index is -1.09. The summed E-state index contributed by atoms with van der Waals surface area (Å²) in [5, 5.41) is 3.76. The van der Waals surface area contributed by atoms with E-state index in [2.05, 4.69) is 128 Å². The Labute approximate surface area is 408 Å². The van der Waals surface area contributed by atoms with Crippen LogP contribution >= 0.6 is 50.1 Å². The van der Waals surface area contributed by atoms with Crippen LogP contribution in [-0.4, -0.2) is 59.0 Å². The first-order valence-electron chi connectivity index (χ1n) is 19.7. The molecule has 2 aliphatic carbocycles. The van der Waals surface area contributed by atoms with Crippen LogP contribution < -0.4 is 19.7 Å². The number of nitrogens with zero attached hydrogens (tertiary/aromatic N) is 4. The van der Waals surface area contributed by atoms with Gasteiger partial charge in [0.05, 0.1) is 55.4 Å². The number of halogens is 3. The summed E-state index contributed by atoms with van der Waals surface area (Å²) in [5.41, 5.74) is 7.07. The van der Waals surface area contributed by atoms with Crippen LogP contribution in [0.3, 0.4) is 0 Å². The van der Waals surface area contributed by atoms with Crippen molar-refractivity contribution < 1.29 is 39.5 Å². The van der Waals surface area contributed by atoms with Gasteiger partial charge in [0.15, 0.2) is 0 Å². The second-order valence-electron chi connectivity index (χ2n) is 17.6. The normalized spacial score (nSPS) is 21.0. The SMILES string of the molecule is CC(C)(C)[S@@](=O)N[C@@H]1c2ccccc2CC12CCN(c1ccc(Br)nc1)CC2.CC(C)(C)[S@@](=O)N[C@@H]1c2ccccc2CC12CCNCC2.Clc1ncc(I)cn1.[CH3-].[U]. The molecule has 2 aromatic carbocycles. The van der Waals surface area contributed by atoms with Crippen LogP contribution in [0.2, 0.25) is 5.28 Å². The number of benzene rings is 2. The summed E-state index contributed by atoms with van der Waals surface area (Å²) >= 11 is 10.9. The topological polar surface area (TPSA) is 112 Å². The molecular formula is C44H59BrClIN7O2S2U-. The molecule has 9 nitrogen and oxygen atoms in total. The number of pyridine rings is 1. The molecule has 0 bridgehead atoms.